The van der Waals surface area contributed by atoms with Crippen LogP contribution in [0.25, 0.3) is 0 Å². The molecule has 0 aliphatic rings. The Hall–Kier alpha value is -1.10. The Balaban J connectivity index is 4.38. The van der Waals surface area contributed by atoms with E-state index in [0.29, 0.717) is 6.42 Å². The number of carbonyl (C=O) groups excluding carboxylic acids is 2. The van der Waals surface area contributed by atoms with E-state index in [1.165, 1.54) is 0 Å². The smallest absolute Gasteiger partial charge is 0.109 e. The maximum atomic E-state index is 10.3. The second-order valence-electron chi connectivity index (χ2n) is 2.62. The van der Waals surface area contributed by atoms with Crippen LogP contribution in [-0.2, 0) is 9.59 Å². The molecule has 5 heteroatoms. The molecule has 0 unspecified atom stereocenters. The van der Waals surface area contributed by atoms with Gasteiger partial charge in [0.25, 0.3) is 0 Å². The Morgan fingerprint density at radius 3 is 2.17 bits per heavy atom. The van der Waals surface area contributed by atoms with Crippen LogP contribution in [0.4, 0.5) is 0 Å². The highest BCUT2D eigenvalue weighted by Gasteiger charge is 2.27. The summed E-state index contributed by atoms with van der Waals surface area (Å²) in [6, 6.07) is 0. The van der Waals surface area contributed by atoms with Crippen LogP contribution in [-0.4, -0.2) is 22.6 Å². The van der Waals surface area contributed by atoms with Gasteiger partial charge in [0.1, 0.15) is 5.60 Å². The van der Waals surface area contributed by atoms with Crippen molar-refractivity contribution in [3.63, 3.8) is 0 Å². The third-order valence-electron chi connectivity index (χ3n) is 1.48. The number of aliphatic carboxylic acids is 2. The fraction of sp³-hybridized carbons (Fsp3) is 0.714. The first kappa shape index (κ1) is 10.9. The van der Waals surface area contributed by atoms with Crippen LogP contribution in [0.5, 0.6) is 0 Å². The van der Waals surface area contributed by atoms with E-state index in [1.54, 1.807) is 6.92 Å². The molecular formula is C7H10O5-2. The van der Waals surface area contributed by atoms with Crippen LogP contribution in [0.15, 0.2) is 0 Å². The quantitative estimate of drug-likeness (QED) is 0.492. The van der Waals surface area contributed by atoms with Crippen LogP contribution in [0, 0.1) is 0 Å². The number of carbonyl (C=O) groups is 2. The molecule has 12 heavy (non-hydrogen) atoms. The number of rotatable bonds is 5. The van der Waals surface area contributed by atoms with E-state index in [1.807, 2.05) is 0 Å². The highest BCUT2D eigenvalue weighted by Crippen LogP contribution is 2.15. The van der Waals surface area contributed by atoms with E-state index < -0.39 is 24.0 Å². The molecule has 0 aromatic rings. The van der Waals surface area contributed by atoms with Crippen molar-refractivity contribution >= 4 is 11.9 Å². The zero-order valence-electron chi connectivity index (χ0n) is 6.70. The number of hydrogen-bond acceptors (Lipinski definition) is 5. The van der Waals surface area contributed by atoms with E-state index in [2.05, 4.69) is 0 Å². The number of carboxylic acids is 2. The Bertz CT molecular complexity index is 188. The summed E-state index contributed by atoms with van der Waals surface area (Å²) in [6.45, 7) is 1.63. The van der Waals surface area contributed by atoms with E-state index >= 15 is 0 Å². The third kappa shape index (κ3) is 2.87. The van der Waals surface area contributed by atoms with Gasteiger partial charge in [-0.25, -0.2) is 0 Å². The summed E-state index contributed by atoms with van der Waals surface area (Å²) in [5.74, 6) is -3.37. The van der Waals surface area contributed by atoms with Crippen molar-refractivity contribution in [1.29, 1.82) is 0 Å². The van der Waals surface area contributed by atoms with E-state index in [0.717, 1.165) is 0 Å². The van der Waals surface area contributed by atoms with Crippen molar-refractivity contribution in [2.24, 2.45) is 0 Å². The molecule has 0 rings (SSSR count). The van der Waals surface area contributed by atoms with Crippen molar-refractivity contribution < 1.29 is 24.9 Å². The molecule has 0 fully saturated rings. The summed E-state index contributed by atoms with van der Waals surface area (Å²) in [7, 11) is 0. The number of hydrogen-bond donors (Lipinski definition) is 1. The average molecular weight is 174 g/mol. The Labute approximate surface area is 69.6 Å². The molecule has 0 saturated heterocycles. The van der Waals surface area contributed by atoms with Crippen molar-refractivity contribution in [3.8, 4) is 0 Å². The normalized spacial score (nSPS) is 15.2. The Morgan fingerprint density at radius 1 is 1.42 bits per heavy atom. The number of aliphatic hydroxyl groups is 1. The third-order valence-corrected chi connectivity index (χ3v) is 1.48. The molecule has 0 bridgehead atoms. The number of carboxylic acid groups (broad SMARTS) is 2. The molecule has 1 atom stereocenters. The van der Waals surface area contributed by atoms with Gasteiger partial charge in [0.05, 0.1) is 5.97 Å². The first-order chi connectivity index (χ1) is 5.42. The average Bonchev–Trinajstić information content (AvgIpc) is 1.85. The molecule has 0 saturated carbocycles. The van der Waals surface area contributed by atoms with Gasteiger partial charge in [0.2, 0.25) is 0 Å². The minimum atomic E-state index is -2.28. The van der Waals surface area contributed by atoms with E-state index in [4.69, 9.17) is 0 Å². The lowest BCUT2D eigenvalue weighted by Gasteiger charge is -2.28. The van der Waals surface area contributed by atoms with Gasteiger partial charge in [0.15, 0.2) is 0 Å². The monoisotopic (exact) mass is 174 g/mol. The first-order valence-electron chi connectivity index (χ1n) is 3.56. The standard InChI is InChI=1S/C7H12O5/c1-2-3-7(12,6(10)11)4-5(8)9/h12H,2-4H2,1H3,(H,8,9)(H,10,11)/p-2/t7-/m1/s1. The van der Waals surface area contributed by atoms with Crippen LogP contribution in [0.1, 0.15) is 26.2 Å². The van der Waals surface area contributed by atoms with E-state index in [-0.39, 0.29) is 6.42 Å². The van der Waals surface area contributed by atoms with Gasteiger partial charge in [-0.3, -0.25) is 0 Å². The summed E-state index contributed by atoms with van der Waals surface area (Å²) in [4.78, 5) is 20.3. The molecular weight excluding hydrogens is 164 g/mol. The highest BCUT2D eigenvalue weighted by molar-refractivity contribution is 5.81. The Kier molecular flexibility index (Phi) is 3.69. The fourth-order valence-electron chi connectivity index (χ4n) is 0.915. The van der Waals surface area contributed by atoms with Crippen molar-refractivity contribution in [2.45, 2.75) is 31.8 Å². The molecule has 1 N–H and O–H groups in total. The minimum Gasteiger partial charge on any atom is -0.550 e. The molecule has 0 spiro atoms. The van der Waals surface area contributed by atoms with E-state index in [9.17, 15) is 24.9 Å². The van der Waals surface area contributed by atoms with Crippen LogP contribution >= 0.6 is 0 Å². The zero-order chi connectivity index (χ0) is 9.78. The molecule has 5 nitrogen and oxygen atoms in total. The van der Waals surface area contributed by atoms with Gasteiger partial charge in [0, 0.05) is 12.4 Å². The summed E-state index contributed by atoms with van der Waals surface area (Å²) in [5, 5.41) is 29.5. The lowest BCUT2D eigenvalue weighted by Crippen LogP contribution is -2.51. The van der Waals surface area contributed by atoms with Gasteiger partial charge < -0.3 is 24.9 Å². The van der Waals surface area contributed by atoms with Gasteiger partial charge in [-0.1, -0.05) is 13.3 Å². The summed E-state index contributed by atoms with van der Waals surface area (Å²) >= 11 is 0. The van der Waals surface area contributed by atoms with Gasteiger partial charge in [-0.15, -0.1) is 0 Å². The molecule has 0 aromatic heterocycles. The van der Waals surface area contributed by atoms with Gasteiger partial charge >= 0.3 is 0 Å². The molecule has 0 heterocycles. The van der Waals surface area contributed by atoms with Crippen LogP contribution in [0.2, 0.25) is 0 Å². The first-order valence-corrected chi connectivity index (χ1v) is 3.56. The second kappa shape index (κ2) is 4.06. The molecule has 0 amide bonds. The summed E-state index contributed by atoms with van der Waals surface area (Å²) in [5.41, 5.74) is -2.28. The maximum absolute atomic E-state index is 10.3. The predicted octanol–water partition coefficient (Wildman–Crippen LogP) is -2.59. The lowest BCUT2D eigenvalue weighted by molar-refractivity contribution is -0.334. The van der Waals surface area contributed by atoms with Gasteiger partial charge in [-0.05, 0) is 6.42 Å². The zero-order valence-corrected chi connectivity index (χ0v) is 6.70. The maximum Gasteiger partial charge on any atom is 0.109 e. The summed E-state index contributed by atoms with van der Waals surface area (Å²) < 4.78 is 0. The molecule has 0 aliphatic carbocycles. The predicted molar refractivity (Wildman–Crippen MR) is 34.5 cm³/mol. The highest BCUT2D eigenvalue weighted by atomic mass is 16.4. The topological polar surface area (TPSA) is 100 Å². The van der Waals surface area contributed by atoms with Crippen molar-refractivity contribution in [1.82, 2.24) is 0 Å². The fourth-order valence-corrected chi connectivity index (χ4v) is 0.915. The van der Waals surface area contributed by atoms with Crippen molar-refractivity contribution in [2.75, 3.05) is 0 Å². The molecule has 0 aliphatic heterocycles. The molecule has 0 radical (unpaired) electrons. The lowest BCUT2D eigenvalue weighted by atomic mass is 9.94. The molecule has 70 valence electrons. The van der Waals surface area contributed by atoms with Gasteiger partial charge in [-0.2, -0.15) is 0 Å². The minimum absolute atomic E-state index is 0.149. The largest absolute Gasteiger partial charge is 0.550 e. The van der Waals surface area contributed by atoms with Crippen molar-refractivity contribution in [3.05, 3.63) is 0 Å². The van der Waals surface area contributed by atoms with Crippen LogP contribution in [0.3, 0.4) is 0 Å². The summed E-state index contributed by atoms with van der Waals surface area (Å²) in [6.07, 6.45) is -0.718. The molecule has 0 aromatic carbocycles. The SMILES string of the molecule is CCC[C@@](O)(CC(=O)[O-])C(=O)[O-]. The Morgan fingerprint density at radius 2 is 1.92 bits per heavy atom. The second-order valence-corrected chi connectivity index (χ2v) is 2.62. The van der Waals surface area contributed by atoms with Crippen LogP contribution < -0.4 is 10.2 Å².